The molecule has 0 aromatic heterocycles. The van der Waals surface area contributed by atoms with Crippen LogP contribution in [0, 0.1) is 23.7 Å². The number of amides is 4. The highest BCUT2D eigenvalue weighted by Gasteiger charge is 2.41. The van der Waals surface area contributed by atoms with Crippen LogP contribution in [0.15, 0.2) is 30.3 Å². The van der Waals surface area contributed by atoms with Crippen LogP contribution < -0.4 is 16.0 Å². The largest absolute Gasteiger partial charge is 0.386 e. The van der Waals surface area contributed by atoms with Gasteiger partial charge in [0.25, 0.3) is 0 Å². The van der Waals surface area contributed by atoms with Crippen LogP contribution >= 0.6 is 0 Å². The summed E-state index contributed by atoms with van der Waals surface area (Å²) < 4.78 is 5.86. The molecule has 0 radical (unpaired) electrons. The van der Waals surface area contributed by atoms with E-state index in [4.69, 9.17) is 4.74 Å². The number of aliphatic hydroxyl groups excluding tert-OH is 1. The molecule has 0 spiro atoms. The SMILES string of the molecule is CC[C@H](C)[C@H](NC(=O)[C@@H](NC(C)=O)C(C)C)[C@H](C)CC(=O)N1CCC[C@H]1[C@H](OC)[C@@H](C)C(=O)N[C@H](C)[C@@H](O)c1ccccc1. The average molecular weight is 617 g/mol. The first-order chi connectivity index (χ1) is 20.7. The highest BCUT2D eigenvalue weighted by Crippen LogP contribution is 2.29. The average Bonchev–Trinajstić information content (AvgIpc) is 3.47. The molecular formula is C34H56N4O6. The van der Waals surface area contributed by atoms with Gasteiger partial charge in [-0.15, -0.1) is 0 Å². The lowest BCUT2D eigenvalue weighted by Gasteiger charge is -2.36. The van der Waals surface area contributed by atoms with Gasteiger partial charge in [0.1, 0.15) is 6.04 Å². The molecule has 0 bridgehead atoms. The Bertz CT molecular complexity index is 1080. The third kappa shape index (κ3) is 10.0. The van der Waals surface area contributed by atoms with Crippen molar-refractivity contribution in [1.82, 2.24) is 20.9 Å². The molecule has 248 valence electrons. The van der Waals surface area contributed by atoms with Crippen molar-refractivity contribution in [3.8, 4) is 0 Å². The summed E-state index contributed by atoms with van der Waals surface area (Å²) >= 11 is 0. The van der Waals surface area contributed by atoms with Crippen LogP contribution in [0.5, 0.6) is 0 Å². The Balaban J connectivity index is 2.11. The lowest BCUT2D eigenvalue weighted by atomic mass is 9.85. The number of aliphatic hydroxyl groups is 1. The van der Waals surface area contributed by atoms with E-state index in [1.807, 2.05) is 56.0 Å². The van der Waals surface area contributed by atoms with Crippen LogP contribution in [0.1, 0.15) is 92.7 Å². The number of likely N-dealkylation sites (tertiary alicyclic amines) is 1. The lowest BCUT2D eigenvalue weighted by Crippen LogP contribution is -2.55. The van der Waals surface area contributed by atoms with E-state index in [2.05, 4.69) is 29.8 Å². The number of nitrogens with zero attached hydrogens (tertiary/aromatic N) is 1. The smallest absolute Gasteiger partial charge is 0.243 e. The second kappa shape index (κ2) is 17.5. The molecule has 9 atom stereocenters. The fourth-order valence-corrected chi connectivity index (χ4v) is 6.29. The molecule has 1 aliphatic heterocycles. The van der Waals surface area contributed by atoms with E-state index in [9.17, 15) is 24.3 Å². The molecule has 0 saturated carbocycles. The number of carbonyl (C=O) groups is 4. The van der Waals surface area contributed by atoms with E-state index in [0.29, 0.717) is 6.54 Å². The first kappa shape index (κ1) is 37.2. The van der Waals surface area contributed by atoms with Crippen molar-refractivity contribution < 1.29 is 29.0 Å². The first-order valence-electron chi connectivity index (χ1n) is 16.2. The van der Waals surface area contributed by atoms with Gasteiger partial charge in [-0.05, 0) is 43.1 Å². The molecule has 10 nitrogen and oxygen atoms in total. The third-order valence-electron chi connectivity index (χ3n) is 9.15. The summed E-state index contributed by atoms with van der Waals surface area (Å²) in [5.41, 5.74) is 0.722. The third-order valence-corrected chi connectivity index (χ3v) is 9.15. The number of benzene rings is 1. The summed E-state index contributed by atoms with van der Waals surface area (Å²) in [6.45, 7) is 15.4. The summed E-state index contributed by atoms with van der Waals surface area (Å²) in [6.07, 6.45) is 1.20. The van der Waals surface area contributed by atoms with Gasteiger partial charge in [0.15, 0.2) is 0 Å². The van der Waals surface area contributed by atoms with Crippen molar-refractivity contribution in [2.45, 2.75) is 117 Å². The Morgan fingerprint density at radius 1 is 0.955 bits per heavy atom. The molecule has 1 aromatic carbocycles. The van der Waals surface area contributed by atoms with Gasteiger partial charge in [-0.3, -0.25) is 19.2 Å². The lowest BCUT2D eigenvalue weighted by molar-refractivity contribution is -0.141. The van der Waals surface area contributed by atoms with Gasteiger partial charge in [-0.1, -0.05) is 78.3 Å². The molecule has 1 aliphatic rings. The second-order valence-corrected chi connectivity index (χ2v) is 13.0. The molecule has 1 heterocycles. The monoisotopic (exact) mass is 616 g/mol. The van der Waals surface area contributed by atoms with Crippen molar-refractivity contribution in [1.29, 1.82) is 0 Å². The van der Waals surface area contributed by atoms with Gasteiger partial charge in [0.05, 0.1) is 30.2 Å². The Kier molecular flexibility index (Phi) is 14.8. The van der Waals surface area contributed by atoms with E-state index in [-0.39, 0.29) is 59.9 Å². The van der Waals surface area contributed by atoms with Crippen LogP contribution in [-0.4, -0.2) is 77.6 Å². The summed E-state index contributed by atoms with van der Waals surface area (Å²) in [4.78, 5) is 53.8. The highest BCUT2D eigenvalue weighted by molar-refractivity contribution is 5.87. The fraction of sp³-hybridized carbons (Fsp3) is 0.706. The van der Waals surface area contributed by atoms with E-state index in [0.717, 1.165) is 24.8 Å². The molecule has 4 N–H and O–H groups in total. The normalized spacial score (nSPS) is 20.5. The summed E-state index contributed by atoms with van der Waals surface area (Å²) in [5, 5.41) is 19.6. The van der Waals surface area contributed by atoms with Crippen LogP contribution in [0.3, 0.4) is 0 Å². The number of rotatable bonds is 16. The first-order valence-corrected chi connectivity index (χ1v) is 16.2. The Morgan fingerprint density at radius 2 is 1.59 bits per heavy atom. The number of hydrogen-bond donors (Lipinski definition) is 4. The van der Waals surface area contributed by atoms with Gasteiger partial charge in [0, 0.05) is 33.0 Å². The quantitative estimate of drug-likeness (QED) is 0.224. The minimum Gasteiger partial charge on any atom is -0.386 e. The van der Waals surface area contributed by atoms with Gasteiger partial charge >= 0.3 is 0 Å². The summed E-state index contributed by atoms with van der Waals surface area (Å²) in [6, 6.07) is 7.51. The Morgan fingerprint density at radius 3 is 2.14 bits per heavy atom. The van der Waals surface area contributed by atoms with E-state index in [1.165, 1.54) is 6.92 Å². The number of carbonyl (C=O) groups excluding carboxylic acids is 4. The van der Waals surface area contributed by atoms with Gasteiger partial charge in [-0.2, -0.15) is 0 Å². The van der Waals surface area contributed by atoms with Crippen LogP contribution in [0.4, 0.5) is 0 Å². The van der Waals surface area contributed by atoms with E-state index < -0.39 is 30.2 Å². The van der Waals surface area contributed by atoms with Crippen LogP contribution in [0.25, 0.3) is 0 Å². The topological polar surface area (TPSA) is 137 Å². The molecule has 1 aromatic rings. The number of hydrogen-bond acceptors (Lipinski definition) is 6. The maximum atomic E-state index is 13.8. The van der Waals surface area contributed by atoms with Crippen molar-refractivity contribution in [2.24, 2.45) is 23.7 Å². The zero-order chi connectivity index (χ0) is 33.1. The Labute approximate surface area is 264 Å². The minimum atomic E-state index is -0.854. The van der Waals surface area contributed by atoms with Crippen LogP contribution in [0.2, 0.25) is 0 Å². The van der Waals surface area contributed by atoms with Crippen molar-refractivity contribution in [3.05, 3.63) is 35.9 Å². The zero-order valence-electron chi connectivity index (χ0n) is 28.1. The van der Waals surface area contributed by atoms with Gasteiger partial charge in [-0.25, -0.2) is 0 Å². The molecule has 0 unspecified atom stereocenters. The molecule has 10 heteroatoms. The second-order valence-electron chi connectivity index (χ2n) is 13.0. The number of nitrogens with one attached hydrogen (secondary N) is 3. The molecule has 4 amide bonds. The van der Waals surface area contributed by atoms with Crippen molar-refractivity contribution in [3.63, 3.8) is 0 Å². The Hall–Kier alpha value is -2.98. The molecular weight excluding hydrogens is 560 g/mol. The molecule has 0 aliphatic carbocycles. The predicted octanol–water partition coefficient (Wildman–Crippen LogP) is 3.58. The standard InChI is InChI=1S/C34H56N4O6/c1-10-21(4)30(37-34(43)29(20(2)3)36-25(8)39)22(5)19-28(40)38-18-14-17-27(38)32(44-9)23(6)33(42)35-24(7)31(41)26-15-12-11-13-16-26/h11-13,15-16,20-24,27,29-32,41H,10,14,17-19H2,1-9H3,(H,35,42)(H,36,39)(H,37,43)/t21-,22+,23+,24+,27-,29-,30-,31+,32+/m0/s1. The van der Waals surface area contributed by atoms with Crippen molar-refractivity contribution in [2.75, 3.05) is 13.7 Å². The highest BCUT2D eigenvalue weighted by atomic mass is 16.5. The maximum Gasteiger partial charge on any atom is 0.243 e. The maximum absolute atomic E-state index is 13.8. The molecule has 1 saturated heterocycles. The predicted molar refractivity (Wildman–Crippen MR) is 171 cm³/mol. The zero-order valence-corrected chi connectivity index (χ0v) is 28.1. The fourth-order valence-electron chi connectivity index (χ4n) is 6.29. The molecule has 44 heavy (non-hydrogen) atoms. The van der Waals surface area contributed by atoms with Crippen LogP contribution in [-0.2, 0) is 23.9 Å². The summed E-state index contributed by atoms with van der Waals surface area (Å²) in [7, 11) is 1.56. The van der Waals surface area contributed by atoms with Crippen molar-refractivity contribution >= 4 is 23.6 Å². The minimum absolute atomic E-state index is 0.0349. The van der Waals surface area contributed by atoms with E-state index >= 15 is 0 Å². The van der Waals surface area contributed by atoms with Gasteiger partial charge < -0.3 is 30.7 Å². The summed E-state index contributed by atoms with van der Waals surface area (Å²) in [5.74, 6) is -1.48. The number of methoxy groups -OCH3 is 1. The molecule has 1 fully saturated rings. The van der Waals surface area contributed by atoms with Gasteiger partial charge in [0.2, 0.25) is 23.6 Å². The number of ether oxygens (including phenoxy) is 1. The van der Waals surface area contributed by atoms with E-state index in [1.54, 1.807) is 21.0 Å². The molecule has 2 rings (SSSR count).